The molecule has 0 saturated carbocycles. The first-order valence-corrected chi connectivity index (χ1v) is 4.70. The molecule has 0 aromatic rings. The summed E-state index contributed by atoms with van der Waals surface area (Å²) in [5, 5.41) is 4.16. The van der Waals surface area contributed by atoms with E-state index in [4.69, 9.17) is 0 Å². The third-order valence-electron chi connectivity index (χ3n) is 2.21. The predicted octanol–water partition coefficient (Wildman–Crippen LogP) is 1.26. The molecule has 0 aromatic carbocycles. The van der Waals surface area contributed by atoms with Crippen LogP contribution in [0.5, 0.6) is 0 Å². The molecule has 2 atom stereocenters. The van der Waals surface area contributed by atoms with Crippen molar-refractivity contribution in [3.63, 3.8) is 0 Å². The molecule has 2 fully saturated rings. The van der Waals surface area contributed by atoms with Crippen LogP contribution < -0.4 is 5.32 Å². The van der Waals surface area contributed by atoms with E-state index in [9.17, 15) is 0 Å². The van der Waals surface area contributed by atoms with Crippen LogP contribution in [-0.2, 0) is 0 Å². The molecular formula is C7H12NS. The quantitative estimate of drug-likeness (QED) is 0.546. The van der Waals surface area contributed by atoms with Crippen molar-refractivity contribution in [1.29, 1.82) is 0 Å². The molecule has 2 saturated heterocycles. The Morgan fingerprint density at radius 1 is 1.44 bits per heavy atom. The third-order valence-corrected chi connectivity index (χ3v) is 3.58. The Balaban J connectivity index is 1.97. The van der Waals surface area contributed by atoms with Crippen molar-refractivity contribution in [2.45, 2.75) is 18.1 Å². The lowest BCUT2D eigenvalue weighted by molar-refractivity contribution is 0.430. The number of hydrogen-bond acceptors (Lipinski definition) is 2. The zero-order chi connectivity index (χ0) is 6.10. The molecule has 1 radical (unpaired) electrons. The summed E-state index contributed by atoms with van der Waals surface area (Å²) in [7, 11) is 0. The molecule has 2 rings (SSSR count). The fourth-order valence-electron chi connectivity index (χ4n) is 1.62. The second-order valence-corrected chi connectivity index (χ2v) is 4.08. The Morgan fingerprint density at radius 3 is 3.33 bits per heavy atom. The average molecular weight is 142 g/mol. The Kier molecular flexibility index (Phi) is 1.68. The number of piperidine rings is 1. The molecule has 0 aromatic heterocycles. The van der Waals surface area contributed by atoms with Gasteiger partial charge < -0.3 is 5.32 Å². The molecule has 2 unspecified atom stereocenters. The van der Waals surface area contributed by atoms with Crippen molar-refractivity contribution in [1.82, 2.24) is 5.32 Å². The monoisotopic (exact) mass is 142 g/mol. The van der Waals surface area contributed by atoms with E-state index < -0.39 is 0 Å². The van der Waals surface area contributed by atoms with E-state index >= 15 is 0 Å². The maximum atomic E-state index is 3.31. The first-order chi connectivity index (χ1) is 4.47. The first kappa shape index (κ1) is 6.05. The van der Waals surface area contributed by atoms with Gasteiger partial charge in [0.15, 0.2) is 0 Å². The van der Waals surface area contributed by atoms with Crippen molar-refractivity contribution < 1.29 is 0 Å². The van der Waals surface area contributed by atoms with Crippen LogP contribution in [-0.4, -0.2) is 17.5 Å². The minimum absolute atomic E-state index is 0.846. The highest BCUT2D eigenvalue weighted by Crippen LogP contribution is 2.36. The Morgan fingerprint density at radius 2 is 2.44 bits per heavy atom. The first-order valence-electron chi connectivity index (χ1n) is 3.65. The van der Waals surface area contributed by atoms with Crippen LogP contribution in [0.3, 0.4) is 0 Å². The van der Waals surface area contributed by atoms with E-state index in [1.807, 2.05) is 0 Å². The molecule has 0 amide bonds. The molecule has 9 heavy (non-hydrogen) atoms. The van der Waals surface area contributed by atoms with Gasteiger partial charge in [0.2, 0.25) is 0 Å². The molecular weight excluding hydrogens is 130 g/mol. The average Bonchev–Trinajstić information content (AvgIpc) is 2.33. The maximum Gasteiger partial charge on any atom is 0.0354 e. The van der Waals surface area contributed by atoms with Crippen LogP contribution in [0.15, 0.2) is 0 Å². The molecule has 2 heteroatoms. The number of fused-ring (bicyclic) bond motifs is 1. The summed E-state index contributed by atoms with van der Waals surface area (Å²) < 4.78 is 0. The molecule has 0 bridgehead atoms. The maximum absolute atomic E-state index is 3.31. The molecule has 0 spiro atoms. The van der Waals surface area contributed by atoms with Gasteiger partial charge in [-0.25, -0.2) is 0 Å². The van der Waals surface area contributed by atoms with Gasteiger partial charge in [-0.05, 0) is 31.1 Å². The van der Waals surface area contributed by atoms with Gasteiger partial charge in [-0.2, -0.15) is 11.8 Å². The topological polar surface area (TPSA) is 12.0 Å². The largest absolute Gasteiger partial charge is 0.311 e. The van der Waals surface area contributed by atoms with Crippen molar-refractivity contribution in [2.24, 2.45) is 5.92 Å². The lowest BCUT2D eigenvalue weighted by atomic mass is 9.96. The summed E-state index contributed by atoms with van der Waals surface area (Å²) in [5.74, 6) is 2.39. The third kappa shape index (κ3) is 1.10. The fourth-order valence-corrected chi connectivity index (χ4v) is 3.06. The number of nitrogens with one attached hydrogen (secondary N) is 1. The van der Waals surface area contributed by atoms with Crippen molar-refractivity contribution >= 4 is 11.8 Å². The highest BCUT2D eigenvalue weighted by atomic mass is 32.2. The molecule has 51 valence electrons. The summed E-state index contributed by atoms with van der Waals surface area (Å²) in [6, 6.07) is 0. The SMILES string of the molecule is [CH]1NCCC2CCSC12. The smallest absolute Gasteiger partial charge is 0.0354 e. The zero-order valence-electron chi connectivity index (χ0n) is 5.47. The van der Waals surface area contributed by atoms with Gasteiger partial charge >= 0.3 is 0 Å². The summed E-state index contributed by atoms with van der Waals surface area (Å²) in [4.78, 5) is 0. The van der Waals surface area contributed by atoms with Crippen molar-refractivity contribution in [3.8, 4) is 0 Å². The lowest BCUT2D eigenvalue weighted by Crippen LogP contribution is -2.31. The summed E-state index contributed by atoms with van der Waals surface area (Å²) in [6.07, 6.45) is 2.85. The predicted molar refractivity (Wildman–Crippen MR) is 41.3 cm³/mol. The summed E-state index contributed by atoms with van der Waals surface area (Å²) >= 11 is 2.11. The molecule has 1 N–H and O–H groups in total. The molecule has 2 aliphatic heterocycles. The molecule has 0 aliphatic carbocycles. The molecule has 2 aliphatic rings. The van der Waals surface area contributed by atoms with Crippen molar-refractivity contribution in [2.75, 3.05) is 12.3 Å². The van der Waals surface area contributed by atoms with Crippen molar-refractivity contribution in [3.05, 3.63) is 6.54 Å². The van der Waals surface area contributed by atoms with E-state index in [0.29, 0.717) is 0 Å². The second-order valence-electron chi connectivity index (χ2n) is 2.79. The van der Waals surface area contributed by atoms with E-state index in [2.05, 4.69) is 23.6 Å². The van der Waals surface area contributed by atoms with E-state index in [1.165, 1.54) is 25.1 Å². The van der Waals surface area contributed by atoms with E-state index in [1.54, 1.807) is 0 Å². The van der Waals surface area contributed by atoms with Gasteiger partial charge in [0.1, 0.15) is 0 Å². The van der Waals surface area contributed by atoms with E-state index in [0.717, 1.165) is 11.2 Å². The van der Waals surface area contributed by atoms with Gasteiger partial charge in [0.25, 0.3) is 0 Å². The summed E-state index contributed by atoms with van der Waals surface area (Å²) in [5.41, 5.74) is 0. The summed E-state index contributed by atoms with van der Waals surface area (Å²) in [6.45, 7) is 3.49. The molecule has 2 heterocycles. The van der Waals surface area contributed by atoms with Crippen LogP contribution in [0.25, 0.3) is 0 Å². The number of rotatable bonds is 0. The number of thioether (sulfide) groups is 1. The minimum Gasteiger partial charge on any atom is -0.311 e. The fraction of sp³-hybridized carbons (Fsp3) is 0.857. The highest BCUT2D eigenvalue weighted by Gasteiger charge is 2.29. The minimum atomic E-state index is 0.846. The van der Waals surface area contributed by atoms with Gasteiger partial charge in [0, 0.05) is 11.8 Å². The van der Waals surface area contributed by atoms with Crippen LogP contribution in [0.1, 0.15) is 12.8 Å². The normalized spacial score (nSPS) is 42.7. The van der Waals surface area contributed by atoms with Crippen LogP contribution >= 0.6 is 11.8 Å². The van der Waals surface area contributed by atoms with Gasteiger partial charge in [-0.3, -0.25) is 0 Å². The van der Waals surface area contributed by atoms with Gasteiger partial charge in [-0.15, -0.1) is 0 Å². The van der Waals surface area contributed by atoms with Crippen LogP contribution in [0, 0.1) is 12.5 Å². The lowest BCUT2D eigenvalue weighted by Gasteiger charge is -2.24. The Bertz CT molecular complexity index is 93.1. The second kappa shape index (κ2) is 2.51. The zero-order valence-corrected chi connectivity index (χ0v) is 6.29. The van der Waals surface area contributed by atoms with Crippen LogP contribution in [0.2, 0.25) is 0 Å². The Labute approximate surface area is 60.6 Å². The molecule has 1 nitrogen and oxygen atoms in total. The van der Waals surface area contributed by atoms with Gasteiger partial charge in [-0.1, -0.05) is 0 Å². The van der Waals surface area contributed by atoms with E-state index in [-0.39, 0.29) is 0 Å². The van der Waals surface area contributed by atoms with Crippen LogP contribution in [0.4, 0.5) is 0 Å². The standard InChI is InChI=1S/C7H12NS/c1-3-8-5-7-6(1)2-4-9-7/h5-8H,1-4H2. The Hall–Kier alpha value is 0.310. The number of hydrogen-bond donors (Lipinski definition) is 1. The highest BCUT2D eigenvalue weighted by molar-refractivity contribution is 8.00. The van der Waals surface area contributed by atoms with Gasteiger partial charge in [0.05, 0.1) is 0 Å².